The van der Waals surface area contributed by atoms with Crippen molar-refractivity contribution >= 4 is 0 Å². The fourth-order valence-corrected chi connectivity index (χ4v) is 1.91. The van der Waals surface area contributed by atoms with Gasteiger partial charge in [0.05, 0.1) is 6.54 Å². The SMILES string of the molecule is O[C@H](C#CCN1CCCC1)c1ccccc1. The first-order valence-corrected chi connectivity index (χ1v) is 5.80. The van der Waals surface area contributed by atoms with Gasteiger partial charge in [0.2, 0.25) is 0 Å². The Kier molecular flexibility index (Phi) is 3.98. The average Bonchev–Trinajstić information content (AvgIpc) is 2.83. The van der Waals surface area contributed by atoms with Crippen molar-refractivity contribution < 1.29 is 5.11 Å². The molecule has 2 heteroatoms. The summed E-state index contributed by atoms with van der Waals surface area (Å²) in [6.07, 6.45) is 1.91. The van der Waals surface area contributed by atoms with Gasteiger partial charge in [0, 0.05) is 0 Å². The van der Waals surface area contributed by atoms with Crippen molar-refractivity contribution in [2.45, 2.75) is 18.9 Å². The highest BCUT2D eigenvalue weighted by Crippen LogP contribution is 2.10. The van der Waals surface area contributed by atoms with Crippen LogP contribution in [-0.2, 0) is 0 Å². The first kappa shape index (κ1) is 11.2. The predicted octanol–water partition coefficient (Wildman–Crippen LogP) is 1.82. The molecule has 1 saturated heterocycles. The minimum absolute atomic E-state index is 0.649. The van der Waals surface area contributed by atoms with Crippen molar-refractivity contribution in [2.75, 3.05) is 19.6 Å². The van der Waals surface area contributed by atoms with E-state index in [1.54, 1.807) is 0 Å². The van der Waals surface area contributed by atoms with Gasteiger partial charge in [-0.15, -0.1) is 0 Å². The molecule has 1 aliphatic rings. The van der Waals surface area contributed by atoms with Crippen molar-refractivity contribution in [1.29, 1.82) is 0 Å². The first-order chi connectivity index (χ1) is 7.86. The lowest BCUT2D eigenvalue weighted by atomic mass is 10.1. The second-order valence-corrected chi connectivity index (χ2v) is 4.12. The summed E-state index contributed by atoms with van der Waals surface area (Å²) < 4.78 is 0. The Hall–Kier alpha value is -1.30. The summed E-state index contributed by atoms with van der Waals surface area (Å²) in [5.41, 5.74) is 0.872. The molecular formula is C14H17NO. The van der Waals surface area contributed by atoms with Crippen LogP contribution in [0, 0.1) is 11.8 Å². The molecule has 1 fully saturated rings. The zero-order chi connectivity index (χ0) is 11.2. The molecule has 1 aliphatic heterocycles. The third-order valence-electron chi connectivity index (χ3n) is 2.86. The van der Waals surface area contributed by atoms with Gasteiger partial charge in [0.1, 0.15) is 6.10 Å². The highest BCUT2D eigenvalue weighted by atomic mass is 16.3. The lowest BCUT2D eigenvalue weighted by Crippen LogP contribution is -2.19. The number of hydrogen-bond acceptors (Lipinski definition) is 2. The van der Waals surface area contributed by atoms with Crippen LogP contribution in [0.25, 0.3) is 0 Å². The van der Waals surface area contributed by atoms with E-state index >= 15 is 0 Å². The van der Waals surface area contributed by atoms with Gasteiger partial charge in [-0.05, 0) is 31.5 Å². The van der Waals surface area contributed by atoms with Gasteiger partial charge in [-0.25, -0.2) is 0 Å². The van der Waals surface area contributed by atoms with Crippen LogP contribution in [0.2, 0.25) is 0 Å². The molecule has 0 amide bonds. The molecule has 0 bridgehead atoms. The van der Waals surface area contributed by atoms with Crippen molar-refractivity contribution in [3.8, 4) is 11.8 Å². The molecule has 0 saturated carbocycles. The molecule has 1 atom stereocenters. The maximum absolute atomic E-state index is 9.80. The minimum Gasteiger partial charge on any atom is -0.376 e. The van der Waals surface area contributed by atoms with Gasteiger partial charge in [0.25, 0.3) is 0 Å². The summed E-state index contributed by atoms with van der Waals surface area (Å²) in [5, 5.41) is 9.80. The van der Waals surface area contributed by atoms with Gasteiger partial charge in [-0.1, -0.05) is 42.2 Å². The topological polar surface area (TPSA) is 23.5 Å². The Morgan fingerprint density at radius 2 is 1.88 bits per heavy atom. The minimum atomic E-state index is -0.649. The summed E-state index contributed by atoms with van der Waals surface area (Å²) in [7, 11) is 0. The zero-order valence-corrected chi connectivity index (χ0v) is 9.39. The Balaban J connectivity index is 1.87. The predicted molar refractivity (Wildman–Crippen MR) is 64.9 cm³/mol. The molecule has 2 nitrogen and oxygen atoms in total. The highest BCUT2D eigenvalue weighted by molar-refractivity contribution is 5.24. The number of likely N-dealkylation sites (tertiary alicyclic amines) is 1. The van der Waals surface area contributed by atoms with E-state index in [2.05, 4.69) is 16.7 Å². The molecule has 2 rings (SSSR count). The lowest BCUT2D eigenvalue weighted by molar-refractivity contribution is 0.238. The van der Waals surface area contributed by atoms with Crippen LogP contribution in [0.4, 0.5) is 0 Å². The number of benzene rings is 1. The van der Waals surface area contributed by atoms with E-state index in [0.29, 0.717) is 0 Å². The normalized spacial score (nSPS) is 17.8. The molecule has 0 aliphatic carbocycles. The van der Waals surface area contributed by atoms with E-state index in [1.807, 2.05) is 30.3 Å². The van der Waals surface area contributed by atoms with Crippen LogP contribution < -0.4 is 0 Å². The fraction of sp³-hybridized carbons (Fsp3) is 0.429. The van der Waals surface area contributed by atoms with Crippen LogP contribution in [0.5, 0.6) is 0 Å². The maximum atomic E-state index is 9.80. The summed E-state index contributed by atoms with van der Waals surface area (Å²) >= 11 is 0. The third-order valence-corrected chi connectivity index (χ3v) is 2.86. The van der Waals surface area contributed by atoms with E-state index in [-0.39, 0.29) is 0 Å². The van der Waals surface area contributed by atoms with Crippen molar-refractivity contribution in [3.05, 3.63) is 35.9 Å². The number of aliphatic hydroxyl groups is 1. The maximum Gasteiger partial charge on any atom is 0.140 e. The molecule has 1 aromatic carbocycles. The highest BCUT2D eigenvalue weighted by Gasteiger charge is 2.09. The van der Waals surface area contributed by atoms with Crippen molar-refractivity contribution in [2.24, 2.45) is 0 Å². The van der Waals surface area contributed by atoms with Crippen LogP contribution in [0.1, 0.15) is 24.5 Å². The smallest absolute Gasteiger partial charge is 0.140 e. The Morgan fingerprint density at radius 3 is 2.56 bits per heavy atom. The molecule has 0 unspecified atom stereocenters. The Morgan fingerprint density at radius 1 is 1.19 bits per heavy atom. The molecule has 0 spiro atoms. The van der Waals surface area contributed by atoms with Crippen LogP contribution in [-0.4, -0.2) is 29.6 Å². The van der Waals surface area contributed by atoms with Gasteiger partial charge in [-0.2, -0.15) is 0 Å². The summed E-state index contributed by atoms with van der Waals surface area (Å²) in [4.78, 5) is 2.32. The number of nitrogens with zero attached hydrogens (tertiary/aromatic N) is 1. The van der Waals surface area contributed by atoms with E-state index < -0.39 is 6.10 Å². The molecule has 1 aromatic rings. The first-order valence-electron chi connectivity index (χ1n) is 5.80. The number of aliphatic hydroxyl groups excluding tert-OH is 1. The molecule has 16 heavy (non-hydrogen) atoms. The van der Waals surface area contributed by atoms with Gasteiger partial charge in [-0.3, -0.25) is 4.90 Å². The molecule has 1 heterocycles. The Labute approximate surface area is 96.9 Å². The summed E-state index contributed by atoms with van der Waals surface area (Å²) in [6.45, 7) is 3.08. The Bertz CT molecular complexity index is 371. The molecule has 1 N–H and O–H groups in total. The lowest BCUT2D eigenvalue weighted by Gasteiger charge is -2.09. The second kappa shape index (κ2) is 5.69. The largest absolute Gasteiger partial charge is 0.376 e. The van der Waals surface area contributed by atoms with Crippen molar-refractivity contribution in [1.82, 2.24) is 4.90 Å². The molecule has 0 radical (unpaired) electrons. The van der Waals surface area contributed by atoms with Gasteiger partial charge < -0.3 is 5.11 Å². The van der Waals surface area contributed by atoms with Crippen LogP contribution >= 0.6 is 0 Å². The van der Waals surface area contributed by atoms with Crippen LogP contribution in [0.3, 0.4) is 0 Å². The molecule has 0 aromatic heterocycles. The van der Waals surface area contributed by atoms with Crippen LogP contribution in [0.15, 0.2) is 30.3 Å². The van der Waals surface area contributed by atoms with E-state index in [1.165, 1.54) is 12.8 Å². The summed E-state index contributed by atoms with van der Waals surface area (Å²) in [6, 6.07) is 9.57. The standard InChI is InChI=1S/C14H17NO/c16-14(13-7-2-1-3-8-13)9-6-12-15-10-4-5-11-15/h1-3,7-8,14,16H,4-5,10-12H2/t14-/m1/s1. The van der Waals surface area contributed by atoms with E-state index in [4.69, 9.17) is 0 Å². The van der Waals surface area contributed by atoms with Crippen molar-refractivity contribution in [3.63, 3.8) is 0 Å². The summed E-state index contributed by atoms with van der Waals surface area (Å²) in [5.74, 6) is 5.94. The van der Waals surface area contributed by atoms with Gasteiger partial charge >= 0.3 is 0 Å². The zero-order valence-electron chi connectivity index (χ0n) is 9.39. The third kappa shape index (κ3) is 3.10. The molecule has 84 valence electrons. The van der Waals surface area contributed by atoms with E-state index in [9.17, 15) is 5.11 Å². The quantitative estimate of drug-likeness (QED) is 0.761. The molecular weight excluding hydrogens is 198 g/mol. The number of rotatable bonds is 2. The second-order valence-electron chi connectivity index (χ2n) is 4.12. The van der Waals surface area contributed by atoms with Gasteiger partial charge in [0.15, 0.2) is 0 Å². The van der Waals surface area contributed by atoms with E-state index in [0.717, 1.165) is 25.2 Å². The average molecular weight is 215 g/mol. The fourth-order valence-electron chi connectivity index (χ4n) is 1.91. The number of hydrogen-bond donors (Lipinski definition) is 1. The monoisotopic (exact) mass is 215 g/mol.